The van der Waals surface area contributed by atoms with E-state index in [4.69, 9.17) is 23.2 Å². The number of aromatic amines is 1. The van der Waals surface area contributed by atoms with Crippen LogP contribution in [0.25, 0.3) is 22.8 Å². The normalized spacial score (nSPS) is 10.7. The van der Waals surface area contributed by atoms with Gasteiger partial charge < -0.3 is 9.72 Å². The Hall–Kier alpha value is -2.44. The molecule has 0 atom stereocenters. The number of halogens is 3. The van der Waals surface area contributed by atoms with Crippen LogP contribution >= 0.6 is 23.2 Å². The number of nitrogens with one attached hydrogen (secondary N) is 1. The molecule has 1 N–H and O–H groups in total. The summed E-state index contributed by atoms with van der Waals surface area (Å²) in [5.74, 6) is -0.561. The molecule has 0 fully saturated rings. The van der Waals surface area contributed by atoms with Crippen molar-refractivity contribution >= 4 is 29.2 Å². The molecule has 0 bridgehead atoms. The topological polar surface area (TPSA) is 67.9 Å². The lowest BCUT2D eigenvalue weighted by molar-refractivity contribution is 0.0601. The van der Waals surface area contributed by atoms with Crippen LogP contribution in [0.1, 0.15) is 10.4 Å². The zero-order valence-corrected chi connectivity index (χ0v) is 13.8. The number of hydrogen-bond donors (Lipinski definition) is 1. The molecule has 0 aliphatic carbocycles. The van der Waals surface area contributed by atoms with Crippen LogP contribution in [-0.4, -0.2) is 28.0 Å². The number of hydrogen-bond acceptors (Lipinski definition) is 4. The van der Waals surface area contributed by atoms with E-state index >= 15 is 0 Å². The lowest BCUT2D eigenvalue weighted by Gasteiger charge is -2.04. The quantitative estimate of drug-likeness (QED) is 0.699. The number of rotatable bonds is 3. The zero-order chi connectivity index (χ0) is 17.3. The Labute approximate surface area is 146 Å². The van der Waals surface area contributed by atoms with Gasteiger partial charge in [0, 0.05) is 5.56 Å². The van der Waals surface area contributed by atoms with Crippen LogP contribution in [0.2, 0.25) is 10.2 Å². The molecule has 3 rings (SSSR count). The number of carbonyl (C=O) groups is 1. The van der Waals surface area contributed by atoms with Crippen LogP contribution in [-0.2, 0) is 4.74 Å². The molecule has 0 aliphatic rings. The largest absolute Gasteiger partial charge is 0.465 e. The van der Waals surface area contributed by atoms with Crippen molar-refractivity contribution in [2.75, 3.05) is 7.11 Å². The summed E-state index contributed by atoms with van der Waals surface area (Å²) in [6, 6.07) is 7.42. The molecule has 122 valence electrons. The Balaban J connectivity index is 2.01. The van der Waals surface area contributed by atoms with Gasteiger partial charge in [-0.15, -0.1) is 0 Å². The number of carbonyl (C=O) groups excluding carboxylic acids is 1. The van der Waals surface area contributed by atoms with E-state index in [1.165, 1.54) is 25.3 Å². The van der Waals surface area contributed by atoms with Crippen molar-refractivity contribution in [3.8, 4) is 22.8 Å². The molecule has 0 radical (unpaired) electrons. The molecule has 2 aromatic heterocycles. The highest BCUT2D eigenvalue weighted by Crippen LogP contribution is 2.34. The maximum Gasteiger partial charge on any atom is 0.337 e. The van der Waals surface area contributed by atoms with Crippen molar-refractivity contribution in [2.45, 2.75) is 0 Å². The van der Waals surface area contributed by atoms with E-state index in [2.05, 4.69) is 19.7 Å². The third-order valence-corrected chi connectivity index (χ3v) is 3.86. The maximum absolute atomic E-state index is 13.0. The van der Waals surface area contributed by atoms with Crippen molar-refractivity contribution < 1.29 is 13.9 Å². The summed E-state index contributed by atoms with van der Waals surface area (Å²) in [5.41, 5.74) is 1.70. The molecule has 0 saturated heterocycles. The molecule has 3 aromatic rings. The summed E-state index contributed by atoms with van der Waals surface area (Å²) in [5, 5.41) is 0.550. The highest BCUT2D eigenvalue weighted by Gasteiger charge is 2.17. The van der Waals surface area contributed by atoms with Gasteiger partial charge in [-0.05, 0) is 24.3 Å². The predicted octanol–water partition coefficient (Wildman–Crippen LogP) is 4.37. The summed E-state index contributed by atoms with van der Waals surface area (Å²) in [6.45, 7) is 0. The van der Waals surface area contributed by atoms with Crippen molar-refractivity contribution in [3.63, 3.8) is 0 Å². The van der Waals surface area contributed by atoms with Gasteiger partial charge in [-0.2, -0.15) is 0 Å². The van der Waals surface area contributed by atoms with Gasteiger partial charge in [-0.1, -0.05) is 29.3 Å². The fourth-order valence-corrected chi connectivity index (χ4v) is 2.62. The number of H-pyrrole nitrogens is 1. The van der Waals surface area contributed by atoms with Gasteiger partial charge in [0.15, 0.2) is 5.82 Å². The second-order valence-corrected chi connectivity index (χ2v) is 5.58. The van der Waals surface area contributed by atoms with E-state index in [0.29, 0.717) is 33.4 Å². The molecule has 0 saturated carbocycles. The van der Waals surface area contributed by atoms with Crippen LogP contribution in [0, 0.1) is 5.82 Å². The van der Waals surface area contributed by atoms with E-state index in [9.17, 15) is 9.18 Å². The fourth-order valence-electron chi connectivity index (χ4n) is 2.12. The van der Waals surface area contributed by atoms with Gasteiger partial charge in [0.1, 0.15) is 22.4 Å². The number of benzene rings is 1. The molecule has 5 nitrogen and oxygen atoms in total. The Morgan fingerprint density at radius 2 is 2.04 bits per heavy atom. The first-order valence-electron chi connectivity index (χ1n) is 6.75. The highest BCUT2D eigenvalue weighted by molar-refractivity contribution is 6.36. The number of aromatic nitrogens is 3. The van der Waals surface area contributed by atoms with Crippen LogP contribution in [0.15, 0.2) is 36.5 Å². The highest BCUT2D eigenvalue weighted by atomic mass is 35.5. The van der Waals surface area contributed by atoms with E-state index in [1.807, 2.05) is 0 Å². The van der Waals surface area contributed by atoms with Gasteiger partial charge in [-0.25, -0.2) is 19.2 Å². The third-order valence-electron chi connectivity index (χ3n) is 3.27. The lowest BCUT2D eigenvalue weighted by atomic mass is 10.1. The van der Waals surface area contributed by atoms with Crippen molar-refractivity contribution in [1.29, 1.82) is 0 Å². The van der Waals surface area contributed by atoms with Crippen LogP contribution in [0.4, 0.5) is 4.39 Å². The van der Waals surface area contributed by atoms with E-state index < -0.39 is 11.8 Å². The number of nitrogens with zero attached hydrogens (tertiary/aromatic N) is 2. The molecular weight excluding hydrogens is 356 g/mol. The molecule has 1 aromatic carbocycles. The molecule has 0 amide bonds. The average molecular weight is 366 g/mol. The third kappa shape index (κ3) is 3.11. The first-order valence-corrected chi connectivity index (χ1v) is 7.51. The van der Waals surface area contributed by atoms with Crippen molar-refractivity contribution in [2.24, 2.45) is 0 Å². The van der Waals surface area contributed by atoms with Gasteiger partial charge >= 0.3 is 5.97 Å². The van der Waals surface area contributed by atoms with Crippen molar-refractivity contribution in [3.05, 3.63) is 58.1 Å². The molecular formula is C16H10Cl2FN3O2. The molecule has 2 heterocycles. The molecule has 8 heteroatoms. The standard InChI is InChI=1S/C16H10Cl2FN3O2/c1-24-16(23)8-2-4-10(11(17)6-8)13-14(18)22-15(21-13)12-5-3-9(19)7-20-12/h2-7H,1H3,(H,21,22). The monoisotopic (exact) mass is 365 g/mol. The van der Waals surface area contributed by atoms with Crippen molar-refractivity contribution in [1.82, 2.24) is 15.0 Å². The van der Waals surface area contributed by atoms with E-state index in [0.717, 1.165) is 6.20 Å². The first kappa shape index (κ1) is 16.4. The maximum atomic E-state index is 13.0. The number of imidazole rings is 1. The minimum absolute atomic E-state index is 0.254. The Morgan fingerprint density at radius 1 is 1.25 bits per heavy atom. The van der Waals surface area contributed by atoms with Gasteiger partial charge in [0.25, 0.3) is 0 Å². The number of ether oxygens (including phenoxy) is 1. The van der Waals surface area contributed by atoms with Crippen LogP contribution < -0.4 is 0 Å². The van der Waals surface area contributed by atoms with Gasteiger partial charge in [0.2, 0.25) is 0 Å². The van der Waals surface area contributed by atoms with E-state index in [-0.39, 0.29) is 5.15 Å². The second-order valence-electron chi connectivity index (χ2n) is 4.80. The molecule has 0 unspecified atom stereocenters. The SMILES string of the molecule is COC(=O)c1ccc(-c2nc(-c3ccc(F)cn3)[nH]c2Cl)c(Cl)c1. The Kier molecular flexibility index (Phi) is 4.51. The second kappa shape index (κ2) is 6.59. The predicted molar refractivity (Wildman–Crippen MR) is 88.6 cm³/mol. The molecule has 24 heavy (non-hydrogen) atoms. The van der Waals surface area contributed by atoms with Gasteiger partial charge in [0.05, 0.1) is 23.9 Å². The Bertz CT molecular complexity index is 910. The number of esters is 1. The lowest BCUT2D eigenvalue weighted by Crippen LogP contribution is -2.00. The first-order chi connectivity index (χ1) is 11.5. The summed E-state index contributed by atoms with van der Waals surface area (Å²) >= 11 is 12.4. The minimum Gasteiger partial charge on any atom is -0.465 e. The summed E-state index contributed by atoms with van der Waals surface area (Å²) in [7, 11) is 1.29. The molecule has 0 aliphatic heterocycles. The molecule has 0 spiro atoms. The van der Waals surface area contributed by atoms with Gasteiger partial charge in [-0.3, -0.25) is 0 Å². The number of pyridine rings is 1. The smallest absolute Gasteiger partial charge is 0.337 e. The number of methoxy groups -OCH3 is 1. The Morgan fingerprint density at radius 3 is 2.67 bits per heavy atom. The summed E-state index contributed by atoms with van der Waals surface area (Å²) in [6.07, 6.45) is 1.09. The van der Waals surface area contributed by atoms with E-state index in [1.54, 1.807) is 12.1 Å². The van der Waals surface area contributed by atoms with Crippen LogP contribution in [0.5, 0.6) is 0 Å². The zero-order valence-electron chi connectivity index (χ0n) is 12.3. The summed E-state index contributed by atoms with van der Waals surface area (Å²) < 4.78 is 17.6. The summed E-state index contributed by atoms with van der Waals surface area (Å²) in [4.78, 5) is 22.7. The van der Waals surface area contributed by atoms with Crippen LogP contribution in [0.3, 0.4) is 0 Å². The average Bonchev–Trinajstić information content (AvgIpc) is 2.96. The fraction of sp³-hybridized carbons (Fsp3) is 0.0625. The minimum atomic E-state index is -0.493.